The maximum absolute atomic E-state index is 12.5. The number of ether oxygens (including phenoxy) is 1. The first-order chi connectivity index (χ1) is 10.8. The minimum Gasteiger partial charge on any atom is -0.459 e. The molecule has 0 amide bonds. The highest BCUT2D eigenvalue weighted by atomic mass is 35.5. The maximum atomic E-state index is 12.5. The summed E-state index contributed by atoms with van der Waals surface area (Å²) in [5, 5.41) is 7.81. The van der Waals surface area contributed by atoms with E-state index in [9.17, 15) is 4.79 Å². The first-order valence-corrected chi connectivity index (χ1v) is 8.63. The van der Waals surface area contributed by atoms with Gasteiger partial charge < -0.3 is 10.1 Å². The zero-order chi connectivity index (χ0) is 17.0. The van der Waals surface area contributed by atoms with E-state index in [4.69, 9.17) is 27.9 Å². The van der Waals surface area contributed by atoms with Gasteiger partial charge in [0.1, 0.15) is 11.6 Å². The van der Waals surface area contributed by atoms with Crippen LogP contribution in [-0.4, -0.2) is 30.7 Å². The van der Waals surface area contributed by atoms with Gasteiger partial charge in [0.25, 0.3) is 0 Å². The third kappa shape index (κ3) is 5.64. The number of rotatable bonds is 5. The molecule has 1 aliphatic heterocycles. The van der Waals surface area contributed by atoms with Crippen LogP contribution in [-0.2, 0) is 16.1 Å². The summed E-state index contributed by atoms with van der Waals surface area (Å²) in [7, 11) is 0. The van der Waals surface area contributed by atoms with Gasteiger partial charge in [0.05, 0.1) is 0 Å². The van der Waals surface area contributed by atoms with Gasteiger partial charge in [0, 0.05) is 23.1 Å². The second-order valence-corrected chi connectivity index (χ2v) is 7.72. The smallest absolute Gasteiger partial charge is 0.324 e. The monoisotopic (exact) mass is 358 g/mol. The number of carbonyl (C=O) groups excluding carboxylic acids is 1. The predicted molar refractivity (Wildman–Crippen MR) is 93.9 cm³/mol. The lowest BCUT2D eigenvalue weighted by molar-refractivity contribution is -0.159. The van der Waals surface area contributed by atoms with Crippen LogP contribution in [0.1, 0.15) is 32.8 Å². The molecule has 23 heavy (non-hydrogen) atoms. The van der Waals surface area contributed by atoms with Gasteiger partial charge in [-0.2, -0.15) is 0 Å². The van der Waals surface area contributed by atoms with E-state index in [1.807, 2.05) is 26.8 Å². The Balaban J connectivity index is 2.06. The van der Waals surface area contributed by atoms with E-state index in [1.54, 1.807) is 12.1 Å². The highest BCUT2D eigenvalue weighted by Crippen LogP contribution is 2.22. The van der Waals surface area contributed by atoms with Gasteiger partial charge in [-0.15, -0.1) is 0 Å². The van der Waals surface area contributed by atoms with Crippen LogP contribution in [0.4, 0.5) is 0 Å². The Morgan fingerprint density at radius 1 is 1.43 bits per heavy atom. The van der Waals surface area contributed by atoms with Crippen LogP contribution < -0.4 is 10.6 Å². The van der Waals surface area contributed by atoms with Crippen molar-refractivity contribution in [3.63, 3.8) is 0 Å². The maximum Gasteiger partial charge on any atom is 0.324 e. The Bertz CT molecular complexity index is 552. The molecule has 1 fully saturated rings. The molecule has 0 saturated carbocycles. The summed E-state index contributed by atoms with van der Waals surface area (Å²) in [6, 6.07) is 5.02. The fourth-order valence-electron chi connectivity index (χ4n) is 2.65. The van der Waals surface area contributed by atoms with Crippen molar-refractivity contribution in [2.75, 3.05) is 13.1 Å². The van der Waals surface area contributed by atoms with Crippen LogP contribution in [0.25, 0.3) is 0 Å². The first-order valence-electron chi connectivity index (χ1n) is 7.87. The summed E-state index contributed by atoms with van der Waals surface area (Å²) in [5.74, 6) is 0.00668. The minimum absolute atomic E-state index is 0.212. The zero-order valence-corrected chi connectivity index (χ0v) is 15.3. The lowest BCUT2D eigenvalue weighted by Gasteiger charge is -2.27. The molecule has 0 aromatic heterocycles. The van der Waals surface area contributed by atoms with Crippen LogP contribution in [0, 0.1) is 5.92 Å². The Labute approximate surface area is 147 Å². The van der Waals surface area contributed by atoms with Gasteiger partial charge in [-0.1, -0.05) is 29.3 Å². The van der Waals surface area contributed by atoms with Crippen LogP contribution >= 0.6 is 23.2 Å². The molecule has 2 rings (SSSR count). The van der Waals surface area contributed by atoms with Gasteiger partial charge in [-0.3, -0.25) is 10.1 Å². The molecule has 0 radical (unpaired) electrons. The molecular formula is C17H24Cl2N2O2. The summed E-state index contributed by atoms with van der Waals surface area (Å²) in [5.41, 5.74) is 0.414. The fourth-order valence-corrected chi connectivity index (χ4v) is 3.13. The molecule has 1 saturated heterocycles. The molecule has 1 heterocycles. The van der Waals surface area contributed by atoms with Crippen molar-refractivity contribution in [2.45, 2.75) is 45.4 Å². The first kappa shape index (κ1) is 18.5. The quantitative estimate of drug-likeness (QED) is 0.792. The normalized spacial score (nSPS) is 19.6. The Kier molecular flexibility index (Phi) is 6.32. The molecule has 4 nitrogen and oxygen atoms in total. The second kappa shape index (κ2) is 7.84. The fraction of sp³-hybridized carbons (Fsp3) is 0.588. The van der Waals surface area contributed by atoms with Crippen LogP contribution in [0.2, 0.25) is 10.0 Å². The van der Waals surface area contributed by atoms with Crippen molar-refractivity contribution in [1.29, 1.82) is 0 Å². The van der Waals surface area contributed by atoms with Crippen molar-refractivity contribution < 1.29 is 9.53 Å². The van der Waals surface area contributed by atoms with E-state index in [-0.39, 0.29) is 17.9 Å². The highest BCUT2D eigenvalue weighted by Gasteiger charge is 2.33. The average molecular weight is 359 g/mol. The van der Waals surface area contributed by atoms with E-state index in [0.29, 0.717) is 16.6 Å². The highest BCUT2D eigenvalue weighted by molar-refractivity contribution is 6.35. The number of carbonyl (C=O) groups is 1. The molecule has 0 aliphatic carbocycles. The lowest BCUT2D eigenvalue weighted by atomic mass is 9.98. The molecule has 6 heteroatoms. The molecule has 128 valence electrons. The summed E-state index contributed by atoms with van der Waals surface area (Å²) < 4.78 is 5.57. The Morgan fingerprint density at radius 2 is 2.17 bits per heavy atom. The van der Waals surface area contributed by atoms with Crippen molar-refractivity contribution in [1.82, 2.24) is 10.6 Å². The SMILES string of the molecule is CC(C)(C)OC(=O)C(NCc1ccc(Cl)cc1Cl)[C@@H]1CCNC1. The Morgan fingerprint density at radius 3 is 2.74 bits per heavy atom. The molecule has 1 aliphatic rings. The molecular weight excluding hydrogens is 335 g/mol. The third-order valence-corrected chi connectivity index (χ3v) is 4.35. The van der Waals surface area contributed by atoms with E-state index >= 15 is 0 Å². The number of hydrogen-bond acceptors (Lipinski definition) is 4. The van der Waals surface area contributed by atoms with Gasteiger partial charge in [-0.05, 0) is 57.4 Å². The van der Waals surface area contributed by atoms with Crippen molar-refractivity contribution >= 4 is 29.2 Å². The van der Waals surface area contributed by atoms with Crippen LogP contribution in [0.15, 0.2) is 18.2 Å². The molecule has 1 aromatic carbocycles. The summed E-state index contributed by atoms with van der Waals surface area (Å²) in [6.07, 6.45) is 0.950. The number of benzene rings is 1. The largest absolute Gasteiger partial charge is 0.459 e. The average Bonchev–Trinajstić information content (AvgIpc) is 2.93. The molecule has 2 atom stereocenters. The molecule has 0 bridgehead atoms. The lowest BCUT2D eigenvalue weighted by Crippen LogP contribution is -2.46. The van der Waals surface area contributed by atoms with Crippen molar-refractivity contribution in [3.05, 3.63) is 33.8 Å². The molecule has 2 N–H and O–H groups in total. The van der Waals surface area contributed by atoms with Crippen molar-refractivity contribution in [2.24, 2.45) is 5.92 Å². The molecule has 0 spiro atoms. The summed E-state index contributed by atoms with van der Waals surface area (Å²) >= 11 is 12.1. The summed E-state index contributed by atoms with van der Waals surface area (Å²) in [6.45, 7) is 7.87. The van der Waals surface area contributed by atoms with E-state index < -0.39 is 5.60 Å². The topological polar surface area (TPSA) is 50.4 Å². The van der Waals surface area contributed by atoms with E-state index in [1.165, 1.54) is 0 Å². The third-order valence-electron chi connectivity index (χ3n) is 3.76. The Hall–Kier alpha value is -0.810. The molecule has 1 unspecified atom stereocenters. The van der Waals surface area contributed by atoms with E-state index in [2.05, 4.69) is 10.6 Å². The van der Waals surface area contributed by atoms with Gasteiger partial charge >= 0.3 is 5.97 Å². The minimum atomic E-state index is -0.499. The number of hydrogen-bond donors (Lipinski definition) is 2. The predicted octanol–water partition coefficient (Wildman–Crippen LogP) is 3.40. The van der Waals surface area contributed by atoms with Crippen LogP contribution in [0.5, 0.6) is 0 Å². The van der Waals surface area contributed by atoms with Crippen LogP contribution in [0.3, 0.4) is 0 Å². The summed E-state index contributed by atoms with van der Waals surface area (Å²) in [4.78, 5) is 12.5. The standard InChI is InChI=1S/C17H24Cl2N2O2/c1-17(2,3)23-16(22)15(12-6-7-20-9-12)21-10-11-4-5-13(18)8-14(11)19/h4-5,8,12,15,20-21H,6-7,9-10H2,1-3H3/t12-,15?/m1/s1. The zero-order valence-electron chi connectivity index (χ0n) is 13.8. The van der Waals surface area contributed by atoms with Gasteiger partial charge in [-0.25, -0.2) is 0 Å². The van der Waals surface area contributed by atoms with Gasteiger partial charge in [0.15, 0.2) is 0 Å². The number of esters is 1. The van der Waals surface area contributed by atoms with Gasteiger partial charge in [0.2, 0.25) is 0 Å². The second-order valence-electron chi connectivity index (χ2n) is 6.88. The van der Waals surface area contributed by atoms with E-state index in [0.717, 1.165) is 25.1 Å². The van der Waals surface area contributed by atoms with Crippen molar-refractivity contribution in [3.8, 4) is 0 Å². The molecule has 1 aromatic rings. The number of halogens is 2. The number of nitrogens with one attached hydrogen (secondary N) is 2.